The standard InChI is InChI=1S/C17H16BrN3O3S/c18-14-7-3-1-5-12(14)9-10-19-16(22)11-20-17-13-6-2-4-8-15(13)25(23,24)21-17/h1-8H,9-11H2,(H,19,22)(H,20,21). The summed E-state index contributed by atoms with van der Waals surface area (Å²) in [4.78, 5) is 16.2. The van der Waals surface area contributed by atoms with E-state index in [1.807, 2.05) is 24.3 Å². The number of hydrogen-bond donors (Lipinski definition) is 2. The van der Waals surface area contributed by atoms with Crippen LogP contribution in [0.3, 0.4) is 0 Å². The predicted molar refractivity (Wildman–Crippen MR) is 99.0 cm³/mol. The Labute approximate surface area is 154 Å². The van der Waals surface area contributed by atoms with Crippen molar-refractivity contribution in [3.8, 4) is 0 Å². The van der Waals surface area contributed by atoms with Gasteiger partial charge in [0.1, 0.15) is 12.4 Å². The molecule has 0 aliphatic carbocycles. The van der Waals surface area contributed by atoms with Crippen LogP contribution in [0.15, 0.2) is 62.9 Å². The zero-order chi connectivity index (χ0) is 17.9. The Morgan fingerprint density at radius 2 is 1.84 bits per heavy atom. The van der Waals surface area contributed by atoms with Crippen molar-refractivity contribution in [1.82, 2.24) is 10.0 Å². The fourth-order valence-corrected chi connectivity index (χ4v) is 4.23. The van der Waals surface area contributed by atoms with Gasteiger partial charge < -0.3 is 5.32 Å². The van der Waals surface area contributed by atoms with Crippen molar-refractivity contribution in [1.29, 1.82) is 0 Å². The van der Waals surface area contributed by atoms with E-state index in [1.165, 1.54) is 6.07 Å². The number of rotatable bonds is 5. The van der Waals surface area contributed by atoms with Gasteiger partial charge in [0, 0.05) is 16.6 Å². The molecule has 0 saturated carbocycles. The highest BCUT2D eigenvalue weighted by molar-refractivity contribution is 9.10. The molecule has 130 valence electrons. The van der Waals surface area contributed by atoms with E-state index in [0.29, 0.717) is 18.5 Å². The zero-order valence-corrected chi connectivity index (χ0v) is 15.6. The number of carbonyl (C=O) groups excluding carboxylic acids is 1. The largest absolute Gasteiger partial charge is 0.354 e. The quantitative estimate of drug-likeness (QED) is 0.771. The van der Waals surface area contributed by atoms with Crippen LogP contribution in [0.4, 0.5) is 0 Å². The monoisotopic (exact) mass is 421 g/mol. The third kappa shape index (κ3) is 4.08. The second-order valence-electron chi connectivity index (χ2n) is 5.46. The Bertz CT molecular complexity index is 942. The van der Waals surface area contributed by atoms with E-state index in [1.54, 1.807) is 18.2 Å². The minimum Gasteiger partial charge on any atom is -0.354 e. The summed E-state index contributed by atoms with van der Waals surface area (Å²) in [5.74, 6) is -0.0558. The fourth-order valence-electron chi connectivity index (χ4n) is 2.50. The summed E-state index contributed by atoms with van der Waals surface area (Å²) in [5, 5.41) is 2.78. The van der Waals surface area contributed by atoms with Crippen LogP contribution in [0.2, 0.25) is 0 Å². The van der Waals surface area contributed by atoms with E-state index in [9.17, 15) is 13.2 Å². The van der Waals surface area contributed by atoms with Crippen molar-refractivity contribution in [3.63, 3.8) is 0 Å². The Morgan fingerprint density at radius 3 is 2.64 bits per heavy atom. The molecular formula is C17H16BrN3O3S. The lowest BCUT2D eigenvalue weighted by Gasteiger charge is -2.06. The smallest absolute Gasteiger partial charge is 0.263 e. The minimum atomic E-state index is -3.58. The SMILES string of the molecule is O=C(CN=C1NS(=O)(=O)c2ccccc21)NCCc1ccccc1Br. The molecule has 8 heteroatoms. The number of amidine groups is 1. The van der Waals surface area contributed by atoms with Crippen LogP contribution in [0.5, 0.6) is 0 Å². The van der Waals surface area contributed by atoms with Crippen LogP contribution in [-0.2, 0) is 21.2 Å². The molecule has 2 aromatic rings. The van der Waals surface area contributed by atoms with Gasteiger partial charge in [-0.2, -0.15) is 0 Å². The molecule has 6 nitrogen and oxygen atoms in total. The lowest BCUT2D eigenvalue weighted by atomic mass is 10.1. The normalized spacial score (nSPS) is 16.3. The number of aliphatic imine (C=N–C) groups is 1. The molecule has 0 radical (unpaired) electrons. The Morgan fingerprint density at radius 1 is 1.12 bits per heavy atom. The van der Waals surface area contributed by atoms with Gasteiger partial charge in [0.05, 0.1) is 4.90 Å². The van der Waals surface area contributed by atoms with Crippen LogP contribution in [0, 0.1) is 0 Å². The van der Waals surface area contributed by atoms with E-state index >= 15 is 0 Å². The highest BCUT2D eigenvalue weighted by Crippen LogP contribution is 2.22. The highest BCUT2D eigenvalue weighted by Gasteiger charge is 2.30. The van der Waals surface area contributed by atoms with E-state index in [-0.39, 0.29) is 23.2 Å². The third-order valence-corrected chi connectivity index (χ3v) is 5.89. The van der Waals surface area contributed by atoms with Gasteiger partial charge in [-0.25, -0.2) is 8.42 Å². The number of hydrogen-bond acceptors (Lipinski definition) is 4. The van der Waals surface area contributed by atoms with Gasteiger partial charge in [-0.3, -0.25) is 14.5 Å². The van der Waals surface area contributed by atoms with Crippen LogP contribution in [-0.4, -0.2) is 33.3 Å². The van der Waals surface area contributed by atoms with Gasteiger partial charge in [0.2, 0.25) is 5.91 Å². The molecule has 0 unspecified atom stereocenters. The minimum absolute atomic E-state index is 0.137. The number of sulfonamides is 1. The maximum Gasteiger partial charge on any atom is 0.263 e. The van der Waals surface area contributed by atoms with Crippen molar-refractivity contribution >= 4 is 37.7 Å². The summed E-state index contributed by atoms with van der Waals surface area (Å²) in [7, 11) is -3.58. The Hall–Kier alpha value is -2.19. The van der Waals surface area contributed by atoms with Crippen molar-refractivity contribution in [2.75, 3.05) is 13.1 Å². The number of fused-ring (bicyclic) bond motifs is 1. The molecule has 0 spiro atoms. The summed E-state index contributed by atoms with van der Waals surface area (Å²) in [6, 6.07) is 14.4. The molecule has 1 aliphatic rings. The molecular weight excluding hydrogens is 406 g/mol. The number of nitrogens with zero attached hydrogens (tertiary/aromatic N) is 1. The van der Waals surface area contributed by atoms with Crippen LogP contribution in [0.1, 0.15) is 11.1 Å². The number of halogens is 1. The highest BCUT2D eigenvalue weighted by atomic mass is 79.9. The molecule has 1 aliphatic heterocycles. The number of amides is 1. The fraction of sp³-hybridized carbons (Fsp3) is 0.176. The molecule has 1 amide bonds. The van der Waals surface area contributed by atoms with Gasteiger partial charge in [0.15, 0.2) is 0 Å². The Kier molecular flexibility index (Phi) is 5.19. The van der Waals surface area contributed by atoms with Crippen molar-refractivity contribution in [2.45, 2.75) is 11.3 Å². The first kappa shape index (κ1) is 17.6. The first-order valence-electron chi connectivity index (χ1n) is 7.64. The van der Waals surface area contributed by atoms with Gasteiger partial charge in [-0.05, 0) is 30.2 Å². The van der Waals surface area contributed by atoms with Crippen molar-refractivity contribution < 1.29 is 13.2 Å². The Balaban J connectivity index is 1.58. The predicted octanol–water partition coefficient (Wildman–Crippen LogP) is 1.85. The molecule has 0 bridgehead atoms. The molecule has 0 saturated heterocycles. The maximum atomic E-state index is 12.0. The van der Waals surface area contributed by atoms with E-state index in [2.05, 4.69) is 31.0 Å². The molecule has 0 atom stereocenters. The molecule has 2 aromatic carbocycles. The second kappa shape index (κ2) is 7.37. The summed E-state index contributed by atoms with van der Waals surface area (Å²) in [6.07, 6.45) is 0.694. The topological polar surface area (TPSA) is 87.6 Å². The first-order chi connectivity index (χ1) is 12.0. The summed E-state index contributed by atoms with van der Waals surface area (Å²) in [6.45, 7) is 0.344. The third-order valence-electron chi connectivity index (χ3n) is 3.72. The maximum absolute atomic E-state index is 12.0. The van der Waals surface area contributed by atoms with Crippen molar-refractivity contribution in [3.05, 3.63) is 64.1 Å². The van der Waals surface area contributed by atoms with E-state index < -0.39 is 10.0 Å². The molecule has 2 N–H and O–H groups in total. The average Bonchev–Trinajstić information content (AvgIpc) is 2.86. The van der Waals surface area contributed by atoms with E-state index in [0.717, 1.165) is 10.0 Å². The second-order valence-corrected chi connectivity index (χ2v) is 7.96. The molecule has 25 heavy (non-hydrogen) atoms. The van der Waals surface area contributed by atoms with Gasteiger partial charge in [-0.1, -0.05) is 46.3 Å². The average molecular weight is 422 g/mol. The molecule has 0 aromatic heterocycles. The molecule has 0 fully saturated rings. The first-order valence-corrected chi connectivity index (χ1v) is 9.92. The molecule has 3 rings (SSSR count). The van der Waals surface area contributed by atoms with Crippen molar-refractivity contribution in [2.24, 2.45) is 4.99 Å². The number of carbonyl (C=O) groups is 1. The summed E-state index contributed by atoms with van der Waals surface area (Å²) < 4.78 is 27.3. The lowest BCUT2D eigenvalue weighted by molar-refractivity contribution is -0.119. The number of benzene rings is 2. The zero-order valence-electron chi connectivity index (χ0n) is 13.2. The number of nitrogens with one attached hydrogen (secondary N) is 2. The summed E-state index contributed by atoms with van der Waals surface area (Å²) >= 11 is 3.47. The summed E-state index contributed by atoms with van der Waals surface area (Å²) in [5.41, 5.74) is 1.59. The van der Waals surface area contributed by atoms with Gasteiger partial charge in [0.25, 0.3) is 10.0 Å². The van der Waals surface area contributed by atoms with Gasteiger partial charge in [-0.15, -0.1) is 0 Å². The lowest BCUT2D eigenvalue weighted by Crippen LogP contribution is -2.29. The van der Waals surface area contributed by atoms with Crippen LogP contribution in [0.25, 0.3) is 0 Å². The van der Waals surface area contributed by atoms with Gasteiger partial charge >= 0.3 is 0 Å². The van der Waals surface area contributed by atoms with E-state index in [4.69, 9.17) is 0 Å². The van der Waals surface area contributed by atoms with Crippen LogP contribution >= 0.6 is 15.9 Å². The molecule has 1 heterocycles. The van der Waals surface area contributed by atoms with Crippen LogP contribution < -0.4 is 10.0 Å².